The van der Waals surface area contributed by atoms with E-state index >= 15 is 0 Å². The van der Waals surface area contributed by atoms with Crippen molar-refractivity contribution in [2.45, 2.75) is 9.92 Å². The Bertz CT molecular complexity index is 571. The van der Waals surface area contributed by atoms with Gasteiger partial charge in [-0.1, -0.05) is 0 Å². The minimum Gasteiger partial charge on any atom is -0.366 e. The first-order valence-corrected chi connectivity index (χ1v) is 7.57. The summed E-state index contributed by atoms with van der Waals surface area (Å²) in [7, 11) is 2.84. The normalized spacial score (nSPS) is 10.2. The Morgan fingerprint density at radius 1 is 0.900 bits per heavy atom. The highest BCUT2D eigenvalue weighted by molar-refractivity contribution is 8.76. The molecule has 8 heteroatoms. The Kier molecular flexibility index (Phi) is 4.59. The first-order chi connectivity index (χ1) is 9.56. The largest absolute Gasteiger partial charge is 0.366 e. The number of carbonyl (C=O) groups is 2. The summed E-state index contributed by atoms with van der Waals surface area (Å²) in [5, 5.41) is 0.735. The van der Waals surface area contributed by atoms with Gasteiger partial charge in [0, 0.05) is 17.3 Å². The molecule has 0 atom stereocenters. The first kappa shape index (κ1) is 14.4. The fraction of sp³-hybridized carbons (Fsp3) is 0. The first-order valence-electron chi connectivity index (χ1n) is 5.42. The van der Waals surface area contributed by atoms with Gasteiger partial charge in [0.15, 0.2) is 0 Å². The highest BCUT2D eigenvalue weighted by Gasteiger charge is 2.05. The third-order valence-corrected chi connectivity index (χ3v) is 4.50. The zero-order valence-electron chi connectivity index (χ0n) is 10.1. The second-order valence-corrected chi connectivity index (χ2v) is 5.88. The van der Waals surface area contributed by atoms with Crippen molar-refractivity contribution in [2.24, 2.45) is 11.5 Å². The molecule has 4 N–H and O–H groups in total. The fourth-order valence-corrected chi connectivity index (χ4v) is 3.00. The molecule has 2 rings (SSSR count). The van der Waals surface area contributed by atoms with Crippen LogP contribution in [0.5, 0.6) is 0 Å². The molecule has 2 heterocycles. The third-order valence-electron chi connectivity index (χ3n) is 2.23. The quantitative estimate of drug-likeness (QED) is 0.809. The molecule has 0 saturated heterocycles. The van der Waals surface area contributed by atoms with Crippen molar-refractivity contribution in [2.75, 3.05) is 0 Å². The summed E-state index contributed by atoms with van der Waals surface area (Å²) in [6, 6.07) is 6.65. The third kappa shape index (κ3) is 3.72. The number of nitrogens with zero attached hydrogens (tertiary/aromatic N) is 2. The van der Waals surface area contributed by atoms with Gasteiger partial charge in [0.05, 0.1) is 5.56 Å². The lowest BCUT2D eigenvalue weighted by atomic mass is 10.3. The van der Waals surface area contributed by atoms with E-state index in [1.54, 1.807) is 30.5 Å². The minimum atomic E-state index is -0.557. The highest BCUT2D eigenvalue weighted by atomic mass is 33.1. The zero-order valence-corrected chi connectivity index (χ0v) is 11.8. The molecule has 0 aliphatic heterocycles. The van der Waals surface area contributed by atoms with E-state index in [2.05, 4.69) is 9.97 Å². The smallest absolute Gasteiger partial charge is 0.267 e. The number of carbonyl (C=O) groups excluding carboxylic acids is 2. The van der Waals surface area contributed by atoms with Crippen LogP contribution in [0.3, 0.4) is 0 Å². The average Bonchev–Trinajstić information content (AvgIpc) is 2.46. The standard InChI is InChI=1S/C12H10N4O2S2/c13-11(17)7-1-4-10(16-5-7)20-19-8-2-3-9(12(14)18)15-6-8/h1-6H,(H2,13,17)(H2,14,18). The van der Waals surface area contributed by atoms with Crippen LogP contribution in [0.2, 0.25) is 0 Å². The lowest BCUT2D eigenvalue weighted by molar-refractivity contribution is 0.0989. The number of aromatic nitrogens is 2. The van der Waals surface area contributed by atoms with Gasteiger partial charge in [0.25, 0.3) is 5.91 Å². The number of hydrogen-bond acceptors (Lipinski definition) is 6. The summed E-state index contributed by atoms with van der Waals surface area (Å²) in [6.45, 7) is 0. The van der Waals surface area contributed by atoms with Crippen molar-refractivity contribution in [3.8, 4) is 0 Å². The molecular weight excluding hydrogens is 296 g/mol. The van der Waals surface area contributed by atoms with Gasteiger partial charge in [-0.25, -0.2) is 9.97 Å². The molecule has 0 aliphatic carbocycles. The average molecular weight is 306 g/mol. The van der Waals surface area contributed by atoms with Crippen LogP contribution in [0.4, 0.5) is 0 Å². The Labute approximate surface area is 122 Å². The highest BCUT2D eigenvalue weighted by Crippen LogP contribution is 2.35. The second-order valence-electron chi connectivity index (χ2n) is 3.66. The molecule has 2 aromatic rings. The lowest BCUT2D eigenvalue weighted by Gasteiger charge is -2.01. The van der Waals surface area contributed by atoms with Crippen LogP contribution < -0.4 is 11.5 Å². The molecule has 20 heavy (non-hydrogen) atoms. The molecule has 0 aliphatic rings. The summed E-state index contributed by atoms with van der Waals surface area (Å²) in [4.78, 5) is 30.7. The van der Waals surface area contributed by atoms with Crippen LogP contribution in [-0.4, -0.2) is 21.8 Å². The Morgan fingerprint density at radius 2 is 1.70 bits per heavy atom. The lowest BCUT2D eigenvalue weighted by Crippen LogP contribution is -2.12. The van der Waals surface area contributed by atoms with Gasteiger partial charge in [0.1, 0.15) is 10.7 Å². The van der Waals surface area contributed by atoms with E-state index in [0.717, 1.165) is 9.92 Å². The van der Waals surface area contributed by atoms with Gasteiger partial charge in [-0.3, -0.25) is 9.59 Å². The van der Waals surface area contributed by atoms with E-state index in [1.165, 1.54) is 27.8 Å². The summed E-state index contributed by atoms with van der Waals surface area (Å²) in [5.74, 6) is -1.06. The van der Waals surface area contributed by atoms with Crippen molar-refractivity contribution in [3.63, 3.8) is 0 Å². The van der Waals surface area contributed by atoms with E-state index in [1.807, 2.05) is 0 Å². The van der Waals surface area contributed by atoms with E-state index in [9.17, 15) is 9.59 Å². The zero-order chi connectivity index (χ0) is 14.5. The van der Waals surface area contributed by atoms with Gasteiger partial charge in [-0.05, 0) is 45.9 Å². The summed E-state index contributed by atoms with van der Waals surface area (Å²) in [6.07, 6.45) is 3.00. The number of hydrogen-bond donors (Lipinski definition) is 2. The van der Waals surface area contributed by atoms with Crippen molar-refractivity contribution < 1.29 is 9.59 Å². The Hall–Kier alpha value is -2.06. The number of primary amides is 2. The molecule has 2 amide bonds. The van der Waals surface area contributed by atoms with Crippen LogP contribution in [0.15, 0.2) is 46.6 Å². The molecular formula is C12H10N4O2S2. The number of rotatable bonds is 5. The minimum absolute atomic E-state index is 0.225. The SMILES string of the molecule is NC(=O)c1ccc(SSc2ccc(C(N)=O)nc2)nc1. The maximum Gasteiger partial charge on any atom is 0.267 e. The van der Waals surface area contributed by atoms with E-state index < -0.39 is 11.8 Å². The summed E-state index contributed by atoms with van der Waals surface area (Å²) >= 11 is 0. The van der Waals surface area contributed by atoms with Crippen molar-refractivity contribution >= 4 is 33.4 Å². The topological polar surface area (TPSA) is 112 Å². The molecule has 0 spiro atoms. The molecule has 0 unspecified atom stereocenters. The van der Waals surface area contributed by atoms with Crippen LogP contribution in [0, 0.1) is 0 Å². The van der Waals surface area contributed by atoms with E-state index in [4.69, 9.17) is 11.5 Å². The molecule has 0 bridgehead atoms. The van der Waals surface area contributed by atoms with E-state index in [-0.39, 0.29) is 5.69 Å². The van der Waals surface area contributed by atoms with Gasteiger partial charge in [-0.2, -0.15) is 0 Å². The van der Waals surface area contributed by atoms with Gasteiger partial charge in [0.2, 0.25) is 5.91 Å². The molecule has 0 saturated carbocycles. The van der Waals surface area contributed by atoms with E-state index in [0.29, 0.717) is 5.56 Å². The molecule has 0 aromatic carbocycles. The van der Waals surface area contributed by atoms with Crippen molar-refractivity contribution in [3.05, 3.63) is 47.9 Å². The Morgan fingerprint density at radius 3 is 2.20 bits per heavy atom. The second kappa shape index (κ2) is 6.40. The maximum atomic E-state index is 10.9. The molecule has 0 fully saturated rings. The molecule has 2 aromatic heterocycles. The van der Waals surface area contributed by atoms with Gasteiger partial charge < -0.3 is 11.5 Å². The van der Waals surface area contributed by atoms with Crippen LogP contribution in [0.1, 0.15) is 20.8 Å². The predicted molar refractivity (Wildman–Crippen MR) is 77.2 cm³/mol. The van der Waals surface area contributed by atoms with Crippen molar-refractivity contribution in [1.82, 2.24) is 9.97 Å². The monoisotopic (exact) mass is 306 g/mol. The number of nitrogens with two attached hydrogens (primary N) is 2. The fourth-order valence-electron chi connectivity index (χ4n) is 1.24. The molecule has 0 radical (unpaired) electrons. The summed E-state index contributed by atoms with van der Waals surface area (Å²) < 4.78 is 0. The number of pyridine rings is 2. The maximum absolute atomic E-state index is 10.9. The van der Waals surface area contributed by atoms with Crippen LogP contribution in [0.25, 0.3) is 0 Å². The molecule has 102 valence electrons. The van der Waals surface area contributed by atoms with Crippen molar-refractivity contribution in [1.29, 1.82) is 0 Å². The predicted octanol–water partition coefficient (Wildman–Crippen LogP) is 1.47. The molecule has 6 nitrogen and oxygen atoms in total. The van der Waals surface area contributed by atoms with Gasteiger partial charge >= 0.3 is 0 Å². The van der Waals surface area contributed by atoms with Crippen LogP contribution >= 0.6 is 21.6 Å². The Balaban J connectivity index is 1.97. The van der Waals surface area contributed by atoms with Gasteiger partial charge in [-0.15, -0.1) is 0 Å². The van der Waals surface area contributed by atoms with Crippen LogP contribution in [-0.2, 0) is 0 Å². The number of amides is 2. The summed E-state index contributed by atoms with van der Waals surface area (Å²) in [5.41, 5.74) is 10.8.